The minimum Gasteiger partial charge on any atom is -0.292 e. The Balaban J connectivity index is 2.58. The van der Waals surface area contributed by atoms with Gasteiger partial charge in [0.2, 0.25) is 0 Å². The predicted molar refractivity (Wildman–Crippen MR) is 46.3 cm³/mol. The first-order chi connectivity index (χ1) is 5.83. The summed E-state index contributed by atoms with van der Waals surface area (Å²) in [6, 6.07) is 2.01. The smallest absolute Gasteiger partial charge is 0.181 e. The molecular weight excluding hydrogens is 150 g/mol. The summed E-state index contributed by atoms with van der Waals surface area (Å²) in [6.45, 7) is 2.11. The molecule has 0 fully saturated rings. The number of carbonyl (C=O) groups excluding carboxylic acids is 1. The monoisotopic (exact) mass is 161 g/mol. The summed E-state index contributed by atoms with van der Waals surface area (Å²) in [5, 5.41) is 0. The van der Waals surface area contributed by atoms with Crippen LogP contribution in [0.2, 0.25) is 0 Å². The number of aryl methyl sites for hydroxylation is 1. The van der Waals surface area contributed by atoms with Crippen LogP contribution in [0.15, 0.2) is 12.3 Å². The second-order valence-corrected chi connectivity index (χ2v) is 3.07. The van der Waals surface area contributed by atoms with E-state index in [1.165, 1.54) is 11.1 Å². The maximum atomic E-state index is 11.3. The Morgan fingerprint density at radius 1 is 1.50 bits per heavy atom. The molecular formula is C10H11NO. The Kier molecular flexibility index (Phi) is 1.68. The van der Waals surface area contributed by atoms with E-state index in [0.29, 0.717) is 12.1 Å². The molecule has 0 amide bonds. The van der Waals surface area contributed by atoms with Gasteiger partial charge in [0.05, 0.1) is 0 Å². The van der Waals surface area contributed by atoms with Crippen LogP contribution in [-0.4, -0.2) is 10.8 Å². The molecule has 0 aliphatic heterocycles. The zero-order chi connectivity index (χ0) is 8.55. The number of aromatic nitrogens is 1. The lowest BCUT2D eigenvalue weighted by molar-refractivity contribution is 0.0990. The topological polar surface area (TPSA) is 30.0 Å². The second kappa shape index (κ2) is 2.70. The summed E-state index contributed by atoms with van der Waals surface area (Å²) >= 11 is 0. The molecule has 1 aromatic rings. The third-order valence-corrected chi connectivity index (χ3v) is 2.40. The highest BCUT2D eigenvalue weighted by molar-refractivity contribution is 5.98. The van der Waals surface area contributed by atoms with Crippen molar-refractivity contribution in [3.63, 3.8) is 0 Å². The highest BCUT2D eigenvalue weighted by atomic mass is 16.1. The summed E-state index contributed by atoms with van der Waals surface area (Å²) < 4.78 is 0. The van der Waals surface area contributed by atoms with Gasteiger partial charge in [-0.1, -0.05) is 6.92 Å². The average Bonchev–Trinajstić information content (AvgIpc) is 2.48. The molecule has 2 nitrogen and oxygen atoms in total. The summed E-state index contributed by atoms with van der Waals surface area (Å²) in [5.41, 5.74) is 3.19. The minimum atomic E-state index is 0.209. The summed E-state index contributed by atoms with van der Waals surface area (Å²) in [6.07, 6.45) is 4.28. The lowest BCUT2D eigenvalue weighted by atomic mass is 10.1. The van der Waals surface area contributed by atoms with Crippen molar-refractivity contribution >= 4 is 5.78 Å². The van der Waals surface area contributed by atoms with Gasteiger partial charge in [0.15, 0.2) is 5.78 Å². The number of Topliss-reactive ketones (excluding diaryl/α,β-unsaturated/α-hetero) is 1. The number of nitrogens with zero attached hydrogens (tertiary/aromatic N) is 1. The first kappa shape index (κ1) is 7.47. The fraction of sp³-hybridized carbons (Fsp3) is 0.400. The molecule has 0 radical (unpaired) electrons. The van der Waals surface area contributed by atoms with Gasteiger partial charge in [-0.2, -0.15) is 0 Å². The van der Waals surface area contributed by atoms with Gasteiger partial charge < -0.3 is 0 Å². The third kappa shape index (κ3) is 0.951. The first-order valence-corrected chi connectivity index (χ1v) is 4.33. The Morgan fingerprint density at radius 2 is 2.33 bits per heavy atom. The Hall–Kier alpha value is -1.18. The van der Waals surface area contributed by atoms with Crippen LogP contribution in [0, 0.1) is 0 Å². The largest absolute Gasteiger partial charge is 0.292 e. The van der Waals surface area contributed by atoms with Crippen LogP contribution in [0.1, 0.15) is 35.0 Å². The third-order valence-electron chi connectivity index (χ3n) is 2.40. The molecule has 0 saturated carbocycles. The molecule has 0 unspecified atom stereocenters. The number of fused-ring (bicyclic) bond motifs is 1. The van der Waals surface area contributed by atoms with Crippen LogP contribution in [0.3, 0.4) is 0 Å². The van der Waals surface area contributed by atoms with Gasteiger partial charge in [0.1, 0.15) is 5.69 Å². The Bertz CT molecular complexity index is 331. The standard InChI is InChI=1S/C10H11NO/c1-2-7-5-6-11-10-8(7)3-4-9(10)12/h5-6H,2-4H2,1H3. The SMILES string of the molecule is CCc1ccnc2c1CCC2=O. The van der Waals surface area contributed by atoms with Gasteiger partial charge >= 0.3 is 0 Å². The highest BCUT2D eigenvalue weighted by Gasteiger charge is 2.22. The number of hydrogen-bond donors (Lipinski definition) is 0. The number of rotatable bonds is 1. The quantitative estimate of drug-likeness (QED) is 0.628. The molecule has 1 aliphatic carbocycles. The zero-order valence-corrected chi connectivity index (χ0v) is 7.13. The van der Waals surface area contributed by atoms with Crippen molar-refractivity contribution < 1.29 is 4.79 Å². The van der Waals surface area contributed by atoms with E-state index in [1.54, 1.807) is 6.20 Å². The molecule has 1 aliphatic rings. The normalized spacial score (nSPS) is 14.9. The second-order valence-electron chi connectivity index (χ2n) is 3.07. The molecule has 1 heterocycles. The van der Waals surface area contributed by atoms with Crippen LogP contribution in [0.25, 0.3) is 0 Å². The van der Waals surface area contributed by atoms with Crippen molar-refractivity contribution in [1.82, 2.24) is 4.98 Å². The average molecular weight is 161 g/mol. The van der Waals surface area contributed by atoms with Crippen molar-refractivity contribution in [2.45, 2.75) is 26.2 Å². The van der Waals surface area contributed by atoms with Crippen molar-refractivity contribution in [3.05, 3.63) is 29.1 Å². The molecule has 2 heteroatoms. The van der Waals surface area contributed by atoms with Gasteiger partial charge in [-0.25, -0.2) is 0 Å². The van der Waals surface area contributed by atoms with E-state index in [1.807, 2.05) is 6.07 Å². The van der Waals surface area contributed by atoms with E-state index >= 15 is 0 Å². The maximum Gasteiger partial charge on any atom is 0.181 e. The van der Waals surface area contributed by atoms with Crippen molar-refractivity contribution in [3.8, 4) is 0 Å². The maximum absolute atomic E-state index is 11.3. The van der Waals surface area contributed by atoms with Crippen LogP contribution < -0.4 is 0 Å². The van der Waals surface area contributed by atoms with Crippen LogP contribution >= 0.6 is 0 Å². The molecule has 0 spiro atoms. The minimum absolute atomic E-state index is 0.209. The Morgan fingerprint density at radius 3 is 3.08 bits per heavy atom. The lowest BCUT2D eigenvalue weighted by Gasteiger charge is -2.02. The van der Waals surface area contributed by atoms with E-state index < -0.39 is 0 Å². The molecule has 0 aromatic carbocycles. The van der Waals surface area contributed by atoms with Crippen LogP contribution in [0.5, 0.6) is 0 Å². The molecule has 62 valence electrons. The molecule has 12 heavy (non-hydrogen) atoms. The van der Waals surface area contributed by atoms with E-state index in [0.717, 1.165) is 12.8 Å². The molecule has 2 rings (SSSR count). The van der Waals surface area contributed by atoms with E-state index in [4.69, 9.17) is 0 Å². The fourth-order valence-corrected chi connectivity index (χ4v) is 1.74. The highest BCUT2D eigenvalue weighted by Crippen LogP contribution is 2.23. The van der Waals surface area contributed by atoms with Gasteiger partial charge in [-0.15, -0.1) is 0 Å². The molecule has 0 N–H and O–H groups in total. The van der Waals surface area contributed by atoms with Gasteiger partial charge in [0.25, 0.3) is 0 Å². The van der Waals surface area contributed by atoms with Gasteiger partial charge in [0, 0.05) is 12.6 Å². The number of ketones is 1. The Labute approximate surface area is 71.6 Å². The number of carbonyl (C=O) groups is 1. The van der Waals surface area contributed by atoms with Crippen molar-refractivity contribution in [2.24, 2.45) is 0 Å². The fourth-order valence-electron chi connectivity index (χ4n) is 1.74. The summed E-state index contributed by atoms with van der Waals surface area (Å²) in [7, 11) is 0. The van der Waals surface area contributed by atoms with Gasteiger partial charge in [-0.3, -0.25) is 9.78 Å². The zero-order valence-electron chi connectivity index (χ0n) is 7.13. The van der Waals surface area contributed by atoms with Crippen molar-refractivity contribution in [2.75, 3.05) is 0 Å². The van der Waals surface area contributed by atoms with E-state index in [9.17, 15) is 4.79 Å². The van der Waals surface area contributed by atoms with Crippen LogP contribution in [0.4, 0.5) is 0 Å². The van der Waals surface area contributed by atoms with Crippen LogP contribution in [-0.2, 0) is 12.8 Å². The number of hydrogen-bond acceptors (Lipinski definition) is 2. The number of pyridine rings is 1. The van der Waals surface area contributed by atoms with Gasteiger partial charge in [-0.05, 0) is 30.0 Å². The predicted octanol–water partition coefficient (Wildman–Crippen LogP) is 1.77. The first-order valence-electron chi connectivity index (χ1n) is 4.33. The van der Waals surface area contributed by atoms with E-state index in [2.05, 4.69) is 11.9 Å². The summed E-state index contributed by atoms with van der Waals surface area (Å²) in [5.74, 6) is 0.209. The summed E-state index contributed by atoms with van der Waals surface area (Å²) in [4.78, 5) is 15.4. The molecule has 0 saturated heterocycles. The molecule has 0 bridgehead atoms. The lowest BCUT2D eigenvalue weighted by Crippen LogP contribution is -1.97. The van der Waals surface area contributed by atoms with Crippen molar-refractivity contribution in [1.29, 1.82) is 0 Å². The molecule has 1 aromatic heterocycles. The van der Waals surface area contributed by atoms with E-state index in [-0.39, 0.29) is 5.78 Å². The molecule has 0 atom stereocenters.